The maximum atomic E-state index is 13.1. The molecule has 2 amide bonds. The van der Waals surface area contributed by atoms with Crippen LogP contribution in [0.5, 0.6) is 0 Å². The van der Waals surface area contributed by atoms with Gasteiger partial charge in [0.25, 0.3) is 11.8 Å². The largest absolute Gasteiger partial charge is 0.366 e. The monoisotopic (exact) mass is 419 g/mol. The number of rotatable bonds is 5. The number of amides is 2. The molecule has 0 saturated heterocycles. The van der Waals surface area contributed by atoms with Crippen LogP contribution in [0.2, 0.25) is 0 Å². The number of nitrogens with two attached hydrogens (primary N) is 1. The first-order valence-electron chi connectivity index (χ1n) is 9.48. The first-order valence-corrected chi connectivity index (χ1v) is 10.7. The standard InChI is InChI=1S/C22H21N5O2S/c1-30-19-5-3-2-4-18(19)21(29)27-9-8-14-6-7-17(10-15(14)13-27)26-22-24-11-16(12-25-22)20(23)28/h2-7,10-12H,8-9,13H2,1H3,(H2,23,28)(H,24,25,26). The van der Waals surface area contributed by atoms with Gasteiger partial charge < -0.3 is 16.0 Å². The molecule has 3 aromatic rings. The van der Waals surface area contributed by atoms with Crippen molar-refractivity contribution in [2.75, 3.05) is 18.1 Å². The summed E-state index contributed by atoms with van der Waals surface area (Å²) in [7, 11) is 0. The molecule has 3 N–H and O–H groups in total. The fourth-order valence-corrected chi connectivity index (χ4v) is 4.04. The molecule has 0 saturated carbocycles. The van der Waals surface area contributed by atoms with Crippen LogP contribution in [0.25, 0.3) is 0 Å². The summed E-state index contributed by atoms with van der Waals surface area (Å²) in [6.45, 7) is 1.24. The number of benzene rings is 2. The molecule has 8 heteroatoms. The SMILES string of the molecule is CSc1ccccc1C(=O)N1CCc2ccc(Nc3ncc(C(N)=O)cn3)cc2C1. The van der Waals surface area contributed by atoms with Gasteiger partial charge in [0.2, 0.25) is 5.95 Å². The molecule has 30 heavy (non-hydrogen) atoms. The minimum Gasteiger partial charge on any atom is -0.366 e. The minimum atomic E-state index is -0.567. The normalized spacial score (nSPS) is 12.9. The quantitative estimate of drug-likeness (QED) is 0.616. The highest BCUT2D eigenvalue weighted by Crippen LogP contribution is 2.27. The third-order valence-corrected chi connectivity index (χ3v) is 5.83. The van der Waals surface area contributed by atoms with Crippen LogP contribution in [0.15, 0.2) is 59.8 Å². The maximum Gasteiger partial charge on any atom is 0.255 e. The van der Waals surface area contributed by atoms with E-state index in [1.807, 2.05) is 47.6 Å². The van der Waals surface area contributed by atoms with Gasteiger partial charge in [0.15, 0.2) is 0 Å². The Balaban J connectivity index is 1.52. The lowest BCUT2D eigenvalue weighted by Gasteiger charge is -2.30. The van der Waals surface area contributed by atoms with Crippen molar-refractivity contribution >= 4 is 35.2 Å². The van der Waals surface area contributed by atoms with E-state index in [0.717, 1.165) is 28.1 Å². The summed E-state index contributed by atoms with van der Waals surface area (Å²) >= 11 is 1.58. The van der Waals surface area contributed by atoms with Gasteiger partial charge in [-0.3, -0.25) is 9.59 Å². The Hall–Kier alpha value is -3.39. The number of hydrogen-bond acceptors (Lipinski definition) is 6. The Morgan fingerprint density at radius 1 is 1.10 bits per heavy atom. The van der Waals surface area contributed by atoms with Crippen molar-refractivity contribution in [1.82, 2.24) is 14.9 Å². The topological polar surface area (TPSA) is 101 Å². The molecule has 0 fully saturated rings. The molecule has 4 rings (SSSR count). The molecular formula is C22H21N5O2S. The Kier molecular flexibility index (Phi) is 5.67. The number of hydrogen-bond donors (Lipinski definition) is 2. The third-order valence-electron chi connectivity index (χ3n) is 5.04. The molecule has 152 valence electrons. The van der Waals surface area contributed by atoms with Gasteiger partial charge >= 0.3 is 0 Å². The van der Waals surface area contributed by atoms with Gasteiger partial charge in [-0.15, -0.1) is 11.8 Å². The molecule has 2 aromatic carbocycles. The highest BCUT2D eigenvalue weighted by atomic mass is 32.2. The van der Waals surface area contributed by atoms with Gasteiger partial charge in [0, 0.05) is 36.1 Å². The Bertz CT molecular complexity index is 1100. The van der Waals surface area contributed by atoms with Crippen molar-refractivity contribution in [3.63, 3.8) is 0 Å². The molecule has 2 heterocycles. The first kappa shape index (κ1) is 19.9. The van der Waals surface area contributed by atoms with E-state index in [0.29, 0.717) is 19.0 Å². The molecule has 0 unspecified atom stereocenters. The van der Waals surface area contributed by atoms with Crippen molar-refractivity contribution < 1.29 is 9.59 Å². The summed E-state index contributed by atoms with van der Waals surface area (Å²) in [5.41, 5.74) is 9.35. The third kappa shape index (κ3) is 4.13. The maximum absolute atomic E-state index is 13.1. The van der Waals surface area contributed by atoms with Crippen LogP contribution >= 0.6 is 11.8 Å². The number of anilines is 2. The summed E-state index contributed by atoms with van der Waals surface area (Å²) in [5.74, 6) is -0.143. The Labute approximate surface area is 178 Å². The van der Waals surface area contributed by atoms with Crippen LogP contribution in [-0.2, 0) is 13.0 Å². The minimum absolute atomic E-state index is 0.0503. The molecule has 0 radical (unpaired) electrons. The van der Waals surface area contributed by atoms with Crippen LogP contribution in [0.3, 0.4) is 0 Å². The summed E-state index contributed by atoms with van der Waals surface area (Å²) in [6, 6.07) is 13.7. The number of thioether (sulfide) groups is 1. The number of carbonyl (C=O) groups is 2. The Morgan fingerprint density at radius 2 is 1.87 bits per heavy atom. The molecular weight excluding hydrogens is 398 g/mol. The van der Waals surface area contributed by atoms with Gasteiger partial charge in [0.1, 0.15) is 0 Å². The molecule has 0 aliphatic carbocycles. The molecule has 1 aliphatic rings. The molecule has 0 atom stereocenters. The predicted octanol–water partition coefficient (Wildman–Crippen LogP) is 3.24. The van der Waals surface area contributed by atoms with Crippen LogP contribution < -0.4 is 11.1 Å². The van der Waals surface area contributed by atoms with Crippen molar-refractivity contribution in [3.8, 4) is 0 Å². The van der Waals surface area contributed by atoms with E-state index < -0.39 is 5.91 Å². The predicted molar refractivity (Wildman–Crippen MR) is 117 cm³/mol. The van der Waals surface area contributed by atoms with E-state index in [1.165, 1.54) is 18.0 Å². The zero-order chi connectivity index (χ0) is 21.1. The fourth-order valence-electron chi connectivity index (χ4n) is 3.45. The fraction of sp³-hybridized carbons (Fsp3) is 0.182. The number of primary amides is 1. The second kappa shape index (κ2) is 8.54. The number of nitrogens with one attached hydrogen (secondary N) is 1. The van der Waals surface area contributed by atoms with E-state index in [2.05, 4.69) is 21.4 Å². The van der Waals surface area contributed by atoms with Crippen LogP contribution in [0.1, 0.15) is 31.8 Å². The van der Waals surface area contributed by atoms with E-state index in [4.69, 9.17) is 5.73 Å². The number of carbonyl (C=O) groups excluding carboxylic acids is 2. The average molecular weight is 420 g/mol. The van der Waals surface area contributed by atoms with Crippen molar-refractivity contribution in [2.24, 2.45) is 5.73 Å². The highest BCUT2D eigenvalue weighted by molar-refractivity contribution is 7.98. The van der Waals surface area contributed by atoms with Crippen molar-refractivity contribution in [1.29, 1.82) is 0 Å². The van der Waals surface area contributed by atoms with Crippen LogP contribution in [0, 0.1) is 0 Å². The summed E-state index contributed by atoms with van der Waals surface area (Å²) in [5, 5.41) is 3.13. The second-order valence-corrected chi connectivity index (χ2v) is 7.79. The lowest BCUT2D eigenvalue weighted by atomic mass is 9.98. The van der Waals surface area contributed by atoms with Crippen LogP contribution in [-0.4, -0.2) is 39.5 Å². The molecule has 1 aliphatic heterocycles. The molecule has 0 bridgehead atoms. The summed E-state index contributed by atoms with van der Waals surface area (Å²) in [4.78, 5) is 35.4. The summed E-state index contributed by atoms with van der Waals surface area (Å²) in [6.07, 6.45) is 5.57. The van der Waals surface area contributed by atoms with Crippen molar-refractivity contribution in [3.05, 3.63) is 77.1 Å². The summed E-state index contributed by atoms with van der Waals surface area (Å²) < 4.78 is 0. The van der Waals surface area contributed by atoms with Gasteiger partial charge in [-0.05, 0) is 48.1 Å². The Morgan fingerprint density at radius 3 is 2.60 bits per heavy atom. The zero-order valence-corrected chi connectivity index (χ0v) is 17.3. The average Bonchev–Trinajstić information content (AvgIpc) is 2.78. The van der Waals surface area contributed by atoms with E-state index in [9.17, 15) is 9.59 Å². The lowest BCUT2D eigenvalue weighted by molar-refractivity contribution is 0.0731. The molecule has 7 nitrogen and oxygen atoms in total. The van der Waals surface area contributed by atoms with Gasteiger partial charge in [-0.1, -0.05) is 18.2 Å². The van der Waals surface area contributed by atoms with Gasteiger partial charge in [-0.2, -0.15) is 0 Å². The molecule has 1 aromatic heterocycles. The number of fused-ring (bicyclic) bond motifs is 1. The number of aromatic nitrogens is 2. The van der Waals surface area contributed by atoms with E-state index in [1.54, 1.807) is 11.8 Å². The highest BCUT2D eigenvalue weighted by Gasteiger charge is 2.23. The van der Waals surface area contributed by atoms with Crippen LogP contribution in [0.4, 0.5) is 11.6 Å². The van der Waals surface area contributed by atoms with E-state index in [-0.39, 0.29) is 11.5 Å². The van der Waals surface area contributed by atoms with Gasteiger partial charge in [-0.25, -0.2) is 9.97 Å². The number of nitrogens with zero attached hydrogens (tertiary/aromatic N) is 3. The first-order chi connectivity index (χ1) is 14.5. The zero-order valence-electron chi connectivity index (χ0n) is 16.5. The van der Waals surface area contributed by atoms with E-state index >= 15 is 0 Å². The molecule has 0 spiro atoms. The van der Waals surface area contributed by atoms with Crippen molar-refractivity contribution in [2.45, 2.75) is 17.9 Å². The smallest absolute Gasteiger partial charge is 0.255 e. The lowest BCUT2D eigenvalue weighted by Crippen LogP contribution is -2.36. The second-order valence-electron chi connectivity index (χ2n) is 6.95. The van der Waals surface area contributed by atoms with Gasteiger partial charge in [0.05, 0.1) is 11.1 Å².